The summed E-state index contributed by atoms with van der Waals surface area (Å²) in [5, 5.41) is 8.27. The van der Waals surface area contributed by atoms with E-state index < -0.39 is 30.0 Å². The van der Waals surface area contributed by atoms with Gasteiger partial charge in [0.05, 0.1) is 6.20 Å². The lowest BCUT2D eigenvalue weighted by Crippen LogP contribution is -2.16. The van der Waals surface area contributed by atoms with Gasteiger partial charge in [0.2, 0.25) is 0 Å². The van der Waals surface area contributed by atoms with Gasteiger partial charge in [0.1, 0.15) is 5.75 Å². The van der Waals surface area contributed by atoms with E-state index in [1.54, 1.807) is 0 Å². The van der Waals surface area contributed by atoms with Crippen LogP contribution in [0.5, 0.6) is 5.75 Å². The minimum atomic E-state index is -1.20. The molecule has 7 heteroatoms. The highest BCUT2D eigenvalue weighted by atomic mass is 19.1. The van der Waals surface area contributed by atoms with Crippen LogP contribution < -0.4 is 10.5 Å². The Kier molecular flexibility index (Phi) is 3.17. The molecule has 0 aromatic carbocycles. The Morgan fingerprint density at radius 3 is 2.73 bits per heavy atom. The summed E-state index contributed by atoms with van der Waals surface area (Å²) in [5.74, 6) is -3.24. The van der Waals surface area contributed by atoms with E-state index in [1.807, 2.05) is 0 Å². The largest absolute Gasteiger partial charge is 0.480 e. The topological polar surface area (TPSA) is 103 Å². The molecular formula is C8H7FN2O4. The second-order valence-electron chi connectivity index (χ2n) is 2.55. The number of carbonyl (C=O) groups excluding carboxylic acids is 1. The molecule has 0 unspecified atom stereocenters. The second kappa shape index (κ2) is 4.36. The third kappa shape index (κ3) is 2.90. The molecular weight excluding hydrogens is 207 g/mol. The summed E-state index contributed by atoms with van der Waals surface area (Å²) in [6, 6.07) is 0.843. The average molecular weight is 214 g/mol. The Morgan fingerprint density at radius 2 is 2.27 bits per heavy atom. The molecule has 1 heterocycles. The van der Waals surface area contributed by atoms with Gasteiger partial charge in [0.15, 0.2) is 18.1 Å². The van der Waals surface area contributed by atoms with Crippen LogP contribution in [-0.4, -0.2) is 28.6 Å². The van der Waals surface area contributed by atoms with Crippen molar-refractivity contribution in [3.8, 4) is 5.75 Å². The number of rotatable bonds is 4. The van der Waals surface area contributed by atoms with Crippen molar-refractivity contribution in [1.82, 2.24) is 4.98 Å². The van der Waals surface area contributed by atoms with Crippen molar-refractivity contribution in [1.29, 1.82) is 0 Å². The van der Waals surface area contributed by atoms with Gasteiger partial charge >= 0.3 is 5.97 Å². The number of carboxylic acid groups (broad SMARTS) is 1. The van der Waals surface area contributed by atoms with Gasteiger partial charge in [-0.25, -0.2) is 14.2 Å². The normalized spacial score (nSPS) is 9.67. The summed E-state index contributed by atoms with van der Waals surface area (Å²) >= 11 is 0. The first kappa shape index (κ1) is 10.9. The lowest BCUT2D eigenvalue weighted by atomic mass is 10.3. The maximum Gasteiger partial charge on any atom is 0.341 e. The van der Waals surface area contributed by atoms with Crippen LogP contribution in [0.3, 0.4) is 0 Å². The molecule has 3 N–H and O–H groups in total. The predicted octanol–water partition coefficient (Wildman–Crippen LogP) is -0.217. The van der Waals surface area contributed by atoms with Gasteiger partial charge in [-0.05, 0) is 0 Å². The molecule has 6 nitrogen and oxygen atoms in total. The van der Waals surface area contributed by atoms with E-state index in [0.29, 0.717) is 0 Å². The molecule has 0 atom stereocenters. The van der Waals surface area contributed by atoms with Gasteiger partial charge in [-0.3, -0.25) is 4.79 Å². The van der Waals surface area contributed by atoms with Crippen molar-refractivity contribution in [3.05, 3.63) is 23.8 Å². The third-order valence-electron chi connectivity index (χ3n) is 1.41. The van der Waals surface area contributed by atoms with Gasteiger partial charge in [-0.1, -0.05) is 0 Å². The quantitative estimate of drug-likeness (QED) is 0.721. The molecule has 0 saturated heterocycles. The number of hydrogen-bond acceptors (Lipinski definition) is 4. The lowest BCUT2D eigenvalue weighted by Gasteiger charge is -2.03. The SMILES string of the molecule is NC(=O)c1ncc(OCC(=O)O)cc1F. The first-order chi connectivity index (χ1) is 7.00. The van der Waals surface area contributed by atoms with E-state index in [9.17, 15) is 14.0 Å². The fourth-order valence-corrected chi connectivity index (χ4v) is 0.826. The average Bonchev–Trinajstić information content (AvgIpc) is 2.14. The number of halogens is 1. The van der Waals surface area contributed by atoms with Crippen LogP contribution >= 0.6 is 0 Å². The Labute approximate surface area is 83.5 Å². The molecule has 1 rings (SSSR count). The molecule has 0 fully saturated rings. The van der Waals surface area contributed by atoms with E-state index in [-0.39, 0.29) is 5.75 Å². The number of carboxylic acids is 1. The first-order valence-electron chi connectivity index (χ1n) is 3.80. The minimum Gasteiger partial charge on any atom is -0.480 e. The van der Waals surface area contributed by atoms with Crippen LogP contribution in [-0.2, 0) is 4.79 Å². The summed E-state index contributed by atoms with van der Waals surface area (Å²) in [6.07, 6.45) is 1.02. The predicted molar refractivity (Wildman–Crippen MR) is 45.8 cm³/mol. The number of carbonyl (C=O) groups is 2. The van der Waals surface area contributed by atoms with E-state index in [4.69, 9.17) is 10.8 Å². The van der Waals surface area contributed by atoms with Crippen LogP contribution in [0.4, 0.5) is 4.39 Å². The van der Waals surface area contributed by atoms with Crippen molar-refractivity contribution in [3.63, 3.8) is 0 Å². The number of aromatic nitrogens is 1. The number of nitrogens with zero attached hydrogens (tertiary/aromatic N) is 1. The fourth-order valence-electron chi connectivity index (χ4n) is 0.826. The number of hydrogen-bond donors (Lipinski definition) is 2. The summed E-state index contributed by atoms with van der Waals surface area (Å²) in [6.45, 7) is -0.614. The summed E-state index contributed by atoms with van der Waals surface area (Å²) < 4.78 is 17.7. The highest BCUT2D eigenvalue weighted by Crippen LogP contribution is 2.13. The Balaban J connectivity index is 2.82. The molecule has 0 aliphatic heterocycles. The third-order valence-corrected chi connectivity index (χ3v) is 1.41. The van der Waals surface area contributed by atoms with Crippen LogP contribution in [0.15, 0.2) is 12.3 Å². The molecule has 0 saturated carbocycles. The monoisotopic (exact) mass is 214 g/mol. The smallest absolute Gasteiger partial charge is 0.341 e. The number of primary amides is 1. The van der Waals surface area contributed by atoms with E-state index in [1.165, 1.54) is 0 Å². The zero-order valence-corrected chi connectivity index (χ0v) is 7.44. The van der Waals surface area contributed by atoms with Crippen LogP contribution in [0.1, 0.15) is 10.5 Å². The molecule has 15 heavy (non-hydrogen) atoms. The number of aliphatic carboxylic acids is 1. The molecule has 0 aliphatic rings. The van der Waals surface area contributed by atoms with Crippen molar-refractivity contribution in [2.45, 2.75) is 0 Å². The molecule has 1 aromatic rings. The van der Waals surface area contributed by atoms with Gasteiger partial charge in [-0.2, -0.15) is 0 Å². The van der Waals surface area contributed by atoms with Gasteiger partial charge < -0.3 is 15.6 Å². The number of amides is 1. The van der Waals surface area contributed by atoms with E-state index in [0.717, 1.165) is 12.3 Å². The molecule has 0 aliphatic carbocycles. The standard InChI is InChI=1S/C8H7FN2O4/c9-5-1-4(15-3-6(12)13)2-11-7(5)8(10)14/h1-2H,3H2,(H2,10,14)(H,12,13). The summed E-state index contributed by atoms with van der Waals surface area (Å²) in [5.41, 5.74) is 4.29. The molecule has 0 bridgehead atoms. The highest BCUT2D eigenvalue weighted by molar-refractivity contribution is 5.91. The zero-order chi connectivity index (χ0) is 11.4. The summed E-state index contributed by atoms with van der Waals surface area (Å²) in [7, 11) is 0. The lowest BCUT2D eigenvalue weighted by molar-refractivity contribution is -0.139. The molecule has 0 radical (unpaired) electrons. The number of pyridine rings is 1. The van der Waals surface area contributed by atoms with Gasteiger partial charge in [0, 0.05) is 6.07 Å². The van der Waals surface area contributed by atoms with Crippen molar-refractivity contribution in [2.75, 3.05) is 6.61 Å². The van der Waals surface area contributed by atoms with Gasteiger partial charge in [-0.15, -0.1) is 0 Å². The minimum absolute atomic E-state index is 0.0834. The Hall–Kier alpha value is -2.18. The number of nitrogens with two attached hydrogens (primary N) is 1. The van der Waals surface area contributed by atoms with Crippen molar-refractivity contribution < 1.29 is 23.8 Å². The summed E-state index contributed by atoms with van der Waals surface area (Å²) in [4.78, 5) is 24.1. The number of ether oxygens (including phenoxy) is 1. The van der Waals surface area contributed by atoms with Crippen molar-refractivity contribution in [2.24, 2.45) is 5.73 Å². The van der Waals surface area contributed by atoms with E-state index >= 15 is 0 Å². The van der Waals surface area contributed by atoms with Crippen LogP contribution in [0.2, 0.25) is 0 Å². The first-order valence-corrected chi connectivity index (χ1v) is 3.80. The van der Waals surface area contributed by atoms with Crippen molar-refractivity contribution >= 4 is 11.9 Å². The van der Waals surface area contributed by atoms with Crippen LogP contribution in [0, 0.1) is 5.82 Å². The Morgan fingerprint density at radius 1 is 1.60 bits per heavy atom. The zero-order valence-electron chi connectivity index (χ0n) is 7.44. The molecule has 1 amide bonds. The second-order valence-corrected chi connectivity index (χ2v) is 2.55. The van der Waals surface area contributed by atoms with Crippen LogP contribution in [0.25, 0.3) is 0 Å². The van der Waals surface area contributed by atoms with Gasteiger partial charge in [0.25, 0.3) is 5.91 Å². The molecule has 0 spiro atoms. The highest BCUT2D eigenvalue weighted by Gasteiger charge is 2.11. The maximum absolute atomic E-state index is 13.0. The fraction of sp³-hybridized carbons (Fsp3) is 0.125. The molecule has 1 aromatic heterocycles. The van der Waals surface area contributed by atoms with E-state index in [2.05, 4.69) is 9.72 Å². The Bertz CT molecular complexity index is 408. The maximum atomic E-state index is 13.0. The molecule has 80 valence electrons.